The number of hydrogen-bond donors (Lipinski definition) is 3. The van der Waals surface area contributed by atoms with E-state index in [1.165, 1.54) is 12.3 Å². The number of hydrogen-bond acceptors (Lipinski definition) is 5. The molecule has 21 heavy (non-hydrogen) atoms. The van der Waals surface area contributed by atoms with E-state index in [1.54, 1.807) is 0 Å². The molecule has 1 aromatic heterocycles. The van der Waals surface area contributed by atoms with E-state index in [0.29, 0.717) is 11.5 Å². The maximum atomic E-state index is 10.8. The van der Waals surface area contributed by atoms with Crippen LogP contribution < -0.4 is 11.1 Å². The molecule has 0 saturated carbocycles. The van der Waals surface area contributed by atoms with Crippen LogP contribution in [0.5, 0.6) is 0 Å². The highest BCUT2D eigenvalue weighted by Crippen LogP contribution is 2.18. The third-order valence-electron chi connectivity index (χ3n) is 3.55. The standard InChI is InChI=1S/C15H26N4O2/c1-4-19(5-2)8-6-7-11(3)18-14-13(16)9-12(10-17-14)15(20)21/h9-11H,4-8,16H2,1-3H3,(H,17,18)(H,20,21). The van der Waals surface area contributed by atoms with Gasteiger partial charge in [0, 0.05) is 12.2 Å². The Bertz CT molecular complexity index is 461. The molecule has 1 atom stereocenters. The van der Waals surface area contributed by atoms with Gasteiger partial charge < -0.3 is 21.1 Å². The lowest BCUT2D eigenvalue weighted by Gasteiger charge is -2.20. The van der Waals surface area contributed by atoms with Crippen molar-refractivity contribution in [1.82, 2.24) is 9.88 Å². The molecular weight excluding hydrogens is 268 g/mol. The van der Waals surface area contributed by atoms with Crippen molar-refractivity contribution in [2.24, 2.45) is 0 Å². The van der Waals surface area contributed by atoms with E-state index in [4.69, 9.17) is 10.8 Å². The smallest absolute Gasteiger partial charge is 0.337 e. The fraction of sp³-hybridized carbons (Fsp3) is 0.600. The van der Waals surface area contributed by atoms with Gasteiger partial charge in [-0.1, -0.05) is 13.8 Å². The number of nitrogens with two attached hydrogens (primary N) is 1. The first-order valence-corrected chi connectivity index (χ1v) is 7.45. The van der Waals surface area contributed by atoms with Crippen LogP contribution in [0.2, 0.25) is 0 Å². The fourth-order valence-corrected chi connectivity index (χ4v) is 2.19. The number of nitrogen functional groups attached to an aromatic ring is 1. The van der Waals surface area contributed by atoms with Crippen LogP contribution in [0.15, 0.2) is 12.3 Å². The van der Waals surface area contributed by atoms with Crippen LogP contribution in [0.25, 0.3) is 0 Å². The predicted molar refractivity (Wildman–Crippen MR) is 85.7 cm³/mol. The van der Waals surface area contributed by atoms with E-state index in [1.807, 2.05) is 0 Å². The van der Waals surface area contributed by atoms with Crippen LogP contribution in [0.3, 0.4) is 0 Å². The van der Waals surface area contributed by atoms with E-state index in [9.17, 15) is 4.79 Å². The molecule has 0 aromatic carbocycles. The molecule has 0 fully saturated rings. The van der Waals surface area contributed by atoms with Crippen molar-refractivity contribution >= 4 is 17.5 Å². The number of nitrogens with zero attached hydrogens (tertiary/aromatic N) is 2. The molecule has 0 aliphatic carbocycles. The Morgan fingerprint density at radius 1 is 1.48 bits per heavy atom. The minimum atomic E-state index is -1.02. The quantitative estimate of drug-likeness (QED) is 0.647. The van der Waals surface area contributed by atoms with Crippen molar-refractivity contribution in [2.75, 3.05) is 30.7 Å². The summed E-state index contributed by atoms with van der Waals surface area (Å²) in [4.78, 5) is 17.3. The minimum Gasteiger partial charge on any atom is -0.478 e. The molecule has 118 valence electrons. The second kappa shape index (κ2) is 8.46. The number of rotatable bonds is 9. The maximum absolute atomic E-state index is 10.8. The highest BCUT2D eigenvalue weighted by molar-refractivity contribution is 5.89. The first kappa shape index (κ1) is 17.2. The van der Waals surface area contributed by atoms with Gasteiger partial charge in [-0.25, -0.2) is 9.78 Å². The van der Waals surface area contributed by atoms with E-state index >= 15 is 0 Å². The van der Waals surface area contributed by atoms with Crippen molar-refractivity contribution in [1.29, 1.82) is 0 Å². The zero-order valence-electron chi connectivity index (χ0n) is 13.1. The number of anilines is 2. The number of pyridine rings is 1. The van der Waals surface area contributed by atoms with Crippen molar-refractivity contribution in [3.8, 4) is 0 Å². The Hall–Kier alpha value is -1.82. The number of aromatic nitrogens is 1. The summed E-state index contributed by atoms with van der Waals surface area (Å²) >= 11 is 0. The third-order valence-corrected chi connectivity index (χ3v) is 3.55. The summed E-state index contributed by atoms with van der Waals surface area (Å²) < 4.78 is 0. The number of aromatic carboxylic acids is 1. The van der Waals surface area contributed by atoms with Crippen LogP contribution in [-0.4, -0.2) is 46.6 Å². The molecule has 0 aliphatic rings. The molecule has 0 radical (unpaired) electrons. The highest BCUT2D eigenvalue weighted by atomic mass is 16.4. The van der Waals surface area contributed by atoms with Gasteiger partial charge in [-0.15, -0.1) is 0 Å². The van der Waals surface area contributed by atoms with Crippen LogP contribution in [0.4, 0.5) is 11.5 Å². The molecule has 0 aliphatic heterocycles. The largest absolute Gasteiger partial charge is 0.478 e. The van der Waals surface area contributed by atoms with Gasteiger partial charge in [0.15, 0.2) is 0 Å². The monoisotopic (exact) mass is 294 g/mol. The zero-order valence-corrected chi connectivity index (χ0v) is 13.1. The summed E-state index contributed by atoms with van der Waals surface area (Å²) in [5.41, 5.74) is 6.30. The molecule has 1 unspecified atom stereocenters. The molecule has 0 saturated heterocycles. The molecule has 0 amide bonds. The molecule has 1 aromatic rings. The first-order chi connectivity index (χ1) is 9.97. The van der Waals surface area contributed by atoms with Gasteiger partial charge in [-0.2, -0.15) is 0 Å². The minimum absolute atomic E-state index is 0.104. The van der Waals surface area contributed by atoms with Crippen LogP contribution in [0, 0.1) is 0 Å². The molecule has 4 N–H and O–H groups in total. The van der Waals surface area contributed by atoms with Crippen molar-refractivity contribution < 1.29 is 9.90 Å². The molecule has 6 nitrogen and oxygen atoms in total. The first-order valence-electron chi connectivity index (χ1n) is 7.45. The normalized spacial score (nSPS) is 12.4. The van der Waals surface area contributed by atoms with E-state index in [-0.39, 0.29) is 11.6 Å². The van der Waals surface area contributed by atoms with Crippen LogP contribution in [0.1, 0.15) is 44.0 Å². The average Bonchev–Trinajstić information content (AvgIpc) is 2.45. The third kappa shape index (κ3) is 5.59. The summed E-state index contributed by atoms with van der Waals surface area (Å²) in [7, 11) is 0. The van der Waals surface area contributed by atoms with Crippen molar-refractivity contribution in [3.63, 3.8) is 0 Å². The summed E-state index contributed by atoms with van der Waals surface area (Å²) in [5, 5.41) is 12.1. The Balaban J connectivity index is 2.47. The fourth-order valence-electron chi connectivity index (χ4n) is 2.19. The molecule has 6 heteroatoms. The summed E-state index contributed by atoms with van der Waals surface area (Å²) in [6.45, 7) is 9.64. The number of carbonyl (C=O) groups is 1. The van der Waals surface area contributed by atoms with Crippen LogP contribution in [-0.2, 0) is 0 Å². The maximum Gasteiger partial charge on any atom is 0.337 e. The number of carboxylic acids is 1. The van der Waals surface area contributed by atoms with Gasteiger partial charge in [0.25, 0.3) is 0 Å². The molecule has 1 rings (SSSR count). The Morgan fingerprint density at radius 3 is 2.67 bits per heavy atom. The van der Waals surface area contributed by atoms with Gasteiger partial charge in [0.1, 0.15) is 5.82 Å². The average molecular weight is 294 g/mol. The lowest BCUT2D eigenvalue weighted by molar-refractivity contribution is 0.0696. The summed E-state index contributed by atoms with van der Waals surface area (Å²) in [5.74, 6) is -0.469. The predicted octanol–water partition coefficient (Wildman–Crippen LogP) is 2.28. The Morgan fingerprint density at radius 2 is 2.14 bits per heavy atom. The van der Waals surface area contributed by atoms with E-state index in [0.717, 1.165) is 32.5 Å². The Kier molecular flexibility index (Phi) is 6.94. The van der Waals surface area contributed by atoms with Gasteiger partial charge in [0.05, 0.1) is 11.3 Å². The molecule has 0 bridgehead atoms. The summed E-state index contributed by atoms with van der Waals surface area (Å²) in [6.07, 6.45) is 3.44. The van der Waals surface area contributed by atoms with E-state index < -0.39 is 5.97 Å². The molecule has 1 heterocycles. The van der Waals surface area contributed by atoms with Gasteiger partial charge >= 0.3 is 5.97 Å². The van der Waals surface area contributed by atoms with E-state index in [2.05, 4.69) is 36.0 Å². The van der Waals surface area contributed by atoms with Gasteiger partial charge in [0.2, 0.25) is 0 Å². The lowest BCUT2D eigenvalue weighted by Crippen LogP contribution is -2.26. The van der Waals surface area contributed by atoms with Crippen molar-refractivity contribution in [2.45, 2.75) is 39.7 Å². The number of carboxylic acid groups (broad SMARTS) is 1. The molecular formula is C15H26N4O2. The van der Waals surface area contributed by atoms with Gasteiger partial charge in [-0.3, -0.25) is 0 Å². The number of nitrogens with one attached hydrogen (secondary N) is 1. The van der Waals surface area contributed by atoms with Gasteiger partial charge in [-0.05, 0) is 45.5 Å². The molecule has 0 spiro atoms. The second-order valence-electron chi connectivity index (χ2n) is 5.18. The van der Waals surface area contributed by atoms with Crippen molar-refractivity contribution in [3.05, 3.63) is 17.8 Å². The Labute approximate surface area is 126 Å². The second-order valence-corrected chi connectivity index (χ2v) is 5.18. The lowest BCUT2D eigenvalue weighted by atomic mass is 10.1. The topological polar surface area (TPSA) is 91.5 Å². The highest BCUT2D eigenvalue weighted by Gasteiger charge is 2.10. The zero-order chi connectivity index (χ0) is 15.8. The summed E-state index contributed by atoms with van der Waals surface area (Å²) in [6, 6.07) is 1.67. The van der Waals surface area contributed by atoms with Crippen LogP contribution >= 0.6 is 0 Å². The SMILES string of the molecule is CCN(CC)CCCC(C)Nc1ncc(C(=O)O)cc1N.